The van der Waals surface area contributed by atoms with E-state index in [9.17, 15) is 14.3 Å². The fourth-order valence-corrected chi connectivity index (χ4v) is 7.28. The van der Waals surface area contributed by atoms with Gasteiger partial charge in [0, 0.05) is 48.3 Å². The Balaban J connectivity index is 1.36. The summed E-state index contributed by atoms with van der Waals surface area (Å²) in [7, 11) is 4.05. The molecule has 1 N–H and O–H groups in total. The molecular formula is C33H36ClFN4O3. The molecule has 3 aromatic carbocycles. The predicted octanol–water partition coefficient (Wildman–Crippen LogP) is 6.56. The molecule has 42 heavy (non-hydrogen) atoms. The van der Waals surface area contributed by atoms with E-state index >= 15 is 0 Å². The summed E-state index contributed by atoms with van der Waals surface area (Å²) in [5.41, 5.74) is 6.05. The Morgan fingerprint density at radius 3 is 2.76 bits per heavy atom. The maximum atomic E-state index is 13.7. The van der Waals surface area contributed by atoms with Crippen molar-refractivity contribution in [2.24, 2.45) is 7.05 Å². The molecule has 0 saturated heterocycles. The average Bonchev–Trinajstić information content (AvgIpc) is 3.41. The van der Waals surface area contributed by atoms with Crippen LogP contribution in [0.25, 0.3) is 21.9 Å². The molecular weight excluding hydrogens is 555 g/mol. The molecule has 2 atom stereocenters. The van der Waals surface area contributed by atoms with Crippen LogP contribution in [0.2, 0.25) is 0 Å². The van der Waals surface area contributed by atoms with Gasteiger partial charge < -0.3 is 19.6 Å². The van der Waals surface area contributed by atoms with Crippen molar-refractivity contribution >= 4 is 34.0 Å². The van der Waals surface area contributed by atoms with E-state index in [4.69, 9.17) is 21.4 Å². The van der Waals surface area contributed by atoms with Gasteiger partial charge in [-0.2, -0.15) is 5.10 Å². The van der Waals surface area contributed by atoms with Crippen LogP contribution in [0, 0.1) is 5.82 Å². The lowest BCUT2D eigenvalue weighted by atomic mass is 9.88. The largest absolute Gasteiger partial charge is 0.493 e. The normalized spacial score (nSPS) is 20.4. The number of para-hydroxylation sites is 1. The molecule has 0 radical (unpaired) electrons. The number of carboxylic acid groups (broad SMARTS) is 1. The number of aryl methyl sites for hydroxylation is 1. The third kappa shape index (κ3) is 4.71. The molecule has 0 spiro atoms. The first-order valence-corrected chi connectivity index (χ1v) is 15.0. The van der Waals surface area contributed by atoms with Crippen LogP contribution in [0.1, 0.15) is 49.1 Å². The summed E-state index contributed by atoms with van der Waals surface area (Å²) >= 11 is 7.28. The van der Waals surface area contributed by atoms with Crippen molar-refractivity contribution in [1.82, 2.24) is 14.7 Å². The minimum atomic E-state index is -1.62. The number of nitrogens with zero attached hydrogens (tertiary/aromatic N) is 4. The van der Waals surface area contributed by atoms with E-state index in [0.29, 0.717) is 31.7 Å². The minimum Gasteiger partial charge on any atom is -0.493 e. The second-order valence-electron chi connectivity index (χ2n) is 11.4. The second-order valence-corrected chi connectivity index (χ2v) is 12.0. The summed E-state index contributed by atoms with van der Waals surface area (Å²) in [5, 5.41) is 17.2. The number of aliphatic carboxylic acids is 1. The Morgan fingerprint density at radius 2 is 1.98 bits per heavy atom. The molecule has 2 aliphatic rings. The predicted molar refractivity (Wildman–Crippen MR) is 164 cm³/mol. The molecule has 3 heterocycles. The van der Waals surface area contributed by atoms with Crippen molar-refractivity contribution < 1.29 is 19.0 Å². The third-order valence-electron chi connectivity index (χ3n) is 8.75. The molecule has 7 nitrogen and oxygen atoms in total. The van der Waals surface area contributed by atoms with Crippen molar-refractivity contribution in [3.63, 3.8) is 0 Å². The Bertz CT molecular complexity index is 1660. The smallest absolute Gasteiger partial charge is 0.346 e. The van der Waals surface area contributed by atoms with Crippen molar-refractivity contribution in [3.8, 4) is 16.9 Å². The van der Waals surface area contributed by atoms with E-state index in [2.05, 4.69) is 24.9 Å². The summed E-state index contributed by atoms with van der Waals surface area (Å²) in [6.07, 6.45) is 2.70. The van der Waals surface area contributed by atoms with E-state index in [1.54, 1.807) is 6.07 Å². The van der Waals surface area contributed by atoms with E-state index in [0.717, 1.165) is 70.5 Å². The van der Waals surface area contributed by atoms with Gasteiger partial charge in [0.2, 0.25) is 5.00 Å². The topological polar surface area (TPSA) is 70.8 Å². The Morgan fingerprint density at radius 1 is 1.17 bits per heavy atom. The summed E-state index contributed by atoms with van der Waals surface area (Å²) in [6, 6.07) is 16.3. The Labute approximate surface area is 250 Å². The average molecular weight is 591 g/mol. The van der Waals surface area contributed by atoms with Crippen LogP contribution in [-0.4, -0.2) is 57.5 Å². The number of hydrogen-bond acceptors (Lipinski definition) is 5. The zero-order chi connectivity index (χ0) is 29.6. The van der Waals surface area contributed by atoms with Crippen LogP contribution in [0.5, 0.6) is 5.75 Å². The summed E-state index contributed by atoms with van der Waals surface area (Å²) < 4.78 is 21.8. The van der Waals surface area contributed by atoms with Gasteiger partial charge in [0.05, 0.1) is 18.0 Å². The molecule has 1 aromatic heterocycles. The highest BCUT2D eigenvalue weighted by Crippen LogP contribution is 2.56. The number of hydrogen-bond donors (Lipinski definition) is 1. The van der Waals surface area contributed by atoms with Crippen LogP contribution in [0.3, 0.4) is 0 Å². The quantitative estimate of drug-likeness (QED) is 0.149. The molecule has 0 bridgehead atoms. The molecule has 220 valence electrons. The first-order valence-electron chi connectivity index (χ1n) is 14.6. The molecule has 6 rings (SSSR count). The van der Waals surface area contributed by atoms with Crippen molar-refractivity contribution in [2.45, 2.75) is 50.1 Å². The maximum absolute atomic E-state index is 13.7. The molecule has 2 unspecified atom stereocenters. The number of anilines is 1. The zero-order valence-corrected chi connectivity index (χ0v) is 25.0. The molecule has 2 aliphatic heterocycles. The number of alkyl halides is 1. The van der Waals surface area contributed by atoms with Gasteiger partial charge in [0.1, 0.15) is 11.6 Å². The number of rotatable bonds is 7. The van der Waals surface area contributed by atoms with E-state index in [1.807, 2.05) is 47.0 Å². The number of ether oxygens (including phenoxy) is 1. The summed E-state index contributed by atoms with van der Waals surface area (Å²) in [5.74, 6) is -1.10. The van der Waals surface area contributed by atoms with Crippen molar-refractivity contribution in [2.75, 3.05) is 31.6 Å². The van der Waals surface area contributed by atoms with E-state index < -0.39 is 16.9 Å². The summed E-state index contributed by atoms with van der Waals surface area (Å²) in [6.45, 7) is 4.55. The highest BCUT2D eigenvalue weighted by Gasteiger charge is 2.56. The monoisotopic (exact) mass is 590 g/mol. The first kappa shape index (κ1) is 28.5. The fourth-order valence-electron chi connectivity index (χ4n) is 6.89. The second kappa shape index (κ2) is 11.2. The van der Waals surface area contributed by atoms with Gasteiger partial charge in [0.25, 0.3) is 0 Å². The molecule has 0 amide bonds. The van der Waals surface area contributed by atoms with Gasteiger partial charge >= 0.3 is 5.97 Å². The zero-order valence-electron chi connectivity index (χ0n) is 24.2. The van der Waals surface area contributed by atoms with Crippen molar-refractivity contribution in [1.29, 1.82) is 0 Å². The van der Waals surface area contributed by atoms with Gasteiger partial charge in [-0.15, -0.1) is 0 Å². The highest BCUT2D eigenvalue weighted by atomic mass is 35.5. The lowest BCUT2D eigenvalue weighted by Gasteiger charge is -2.36. The number of fused-ring (bicyclic) bond motifs is 3. The molecule has 0 saturated carbocycles. The van der Waals surface area contributed by atoms with Gasteiger partial charge in [0.15, 0.2) is 0 Å². The lowest BCUT2D eigenvalue weighted by Crippen LogP contribution is -2.51. The maximum Gasteiger partial charge on any atom is 0.346 e. The molecule has 0 aliphatic carbocycles. The first-order chi connectivity index (χ1) is 20.2. The number of carboxylic acids is 1. The molecule has 4 aromatic rings. The lowest BCUT2D eigenvalue weighted by molar-refractivity contribution is -0.140. The summed E-state index contributed by atoms with van der Waals surface area (Å²) in [4.78, 5) is 15.6. The number of halogens is 2. The molecule has 0 fully saturated rings. The Kier molecular flexibility index (Phi) is 7.62. The van der Waals surface area contributed by atoms with E-state index in [-0.39, 0.29) is 5.82 Å². The fraction of sp³-hybridized carbons (Fsp3) is 0.394. The van der Waals surface area contributed by atoms with Crippen LogP contribution >= 0.6 is 11.6 Å². The minimum absolute atomic E-state index is 0.290. The van der Waals surface area contributed by atoms with Gasteiger partial charge in [-0.05, 0) is 74.5 Å². The molecule has 9 heteroatoms. The standard InChI is InChI=1S/C33H36ClFN4O3/c1-4-28-30-25-11-6-10-24-26(12-7-18-42-29-13-5-9-21-19-22(35)14-15-23(21)29)33(34,32(40)41)39(31(24)25)17-8-16-37(2)20-27(30)36-38(28)3/h5-6,9-11,13-15,19,26H,4,7-8,12,16-18,20H2,1-3H3,(H,40,41). The van der Waals surface area contributed by atoms with Gasteiger partial charge in [-0.25, -0.2) is 9.18 Å². The highest BCUT2D eigenvalue weighted by molar-refractivity contribution is 6.37. The van der Waals surface area contributed by atoms with Gasteiger partial charge in [-0.1, -0.05) is 48.9 Å². The van der Waals surface area contributed by atoms with Crippen LogP contribution < -0.4 is 9.64 Å². The SMILES string of the molecule is CCc1c2c(nn1C)CN(C)CCCN1c3c-2cccc3C(CCCOc2cccc3cc(F)ccc23)C1(Cl)C(=O)O. The third-order valence-corrected chi connectivity index (χ3v) is 9.38. The van der Waals surface area contributed by atoms with Crippen molar-refractivity contribution in [3.05, 3.63) is 77.4 Å². The van der Waals surface area contributed by atoms with Crippen LogP contribution in [-0.2, 0) is 24.8 Å². The van der Waals surface area contributed by atoms with Crippen LogP contribution in [0.15, 0.2) is 54.6 Å². The number of carbonyl (C=O) groups is 1. The Hall–Kier alpha value is -3.62. The van der Waals surface area contributed by atoms with Gasteiger partial charge in [-0.3, -0.25) is 4.68 Å². The number of aromatic nitrogens is 2. The van der Waals surface area contributed by atoms with Crippen LogP contribution in [0.4, 0.5) is 10.1 Å². The van der Waals surface area contributed by atoms with E-state index in [1.165, 1.54) is 12.1 Å². The number of benzene rings is 3.